The van der Waals surface area contributed by atoms with Crippen LogP contribution in [0, 0.1) is 5.82 Å². The first-order chi connectivity index (χ1) is 15.5. The van der Waals surface area contributed by atoms with Crippen molar-refractivity contribution in [1.29, 1.82) is 0 Å². The Hall–Kier alpha value is -3.51. The molecule has 1 heterocycles. The van der Waals surface area contributed by atoms with Gasteiger partial charge in [-0.1, -0.05) is 48.5 Å². The number of hydrogen-bond donors (Lipinski definition) is 2. The van der Waals surface area contributed by atoms with Gasteiger partial charge in [0.1, 0.15) is 5.82 Å². The Labute approximate surface area is 187 Å². The lowest BCUT2D eigenvalue weighted by Crippen LogP contribution is -2.50. The van der Waals surface area contributed by atoms with Gasteiger partial charge in [0.25, 0.3) is 0 Å². The van der Waals surface area contributed by atoms with E-state index in [1.807, 2.05) is 24.3 Å². The third kappa shape index (κ3) is 5.21. The first-order valence-corrected chi connectivity index (χ1v) is 10.7. The first-order valence-electron chi connectivity index (χ1n) is 10.7. The van der Waals surface area contributed by atoms with E-state index in [2.05, 4.69) is 22.3 Å². The second-order valence-electron chi connectivity index (χ2n) is 8.13. The highest BCUT2D eigenvalue weighted by Crippen LogP contribution is 2.25. The third-order valence-electron chi connectivity index (χ3n) is 5.87. The van der Waals surface area contributed by atoms with Crippen LogP contribution in [-0.2, 0) is 30.7 Å². The van der Waals surface area contributed by atoms with Gasteiger partial charge in [-0.25, -0.2) is 4.39 Å². The number of benzene rings is 3. The Morgan fingerprint density at radius 1 is 0.969 bits per heavy atom. The topological polar surface area (TPSA) is 75.4 Å². The maximum atomic E-state index is 13.1. The van der Waals surface area contributed by atoms with Gasteiger partial charge in [-0.05, 0) is 59.4 Å². The zero-order valence-corrected chi connectivity index (χ0v) is 17.8. The van der Waals surface area contributed by atoms with Crippen molar-refractivity contribution in [3.05, 3.63) is 106 Å². The zero-order valence-electron chi connectivity index (χ0n) is 17.8. The molecule has 1 atom stereocenters. The van der Waals surface area contributed by atoms with Gasteiger partial charge < -0.3 is 11.1 Å². The lowest BCUT2D eigenvalue weighted by molar-refractivity contribution is -0.127. The molecular weight excluding hydrogens is 405 g/mol. The molecule has 0 bridgehead atoms. The smallest absolute Gasteiger partial charge is 0.248 e. The summed E-state index contributed by atoms with van der Waals surface area (Å²) in [4.78, 5) is 26.8. The van der Waals surface area contributed by atoms with Gasteiger partial charge in [-0.2, -0.15) is 0 Å². The summed E-state index contributed by atoms with van der Waals surface area (Å²) >= 11 is 0. The molecule has 3 N–H and O–H groups in total. The summed E-state index contributed by atoms with van der Waals surface area (Å²) in [5.74, 6) is -0.770. The predicted molar refractivity (Wildman–Crippen MR) is 121 cm³/mol. The summed E-state index contributed by atoms with van der Waals surface area (Å²) in [5, 5.41) is 3.04. The molecule has 5 nitrogen and oxygen atoms in total. The molecule has 1 unspecified atom stereocenters. The quantitative estimate of drug-likeness (QED) is 0.603. The fraction of sp³-hybridized carbons (Fsp3) is 0.231. The number of halogens is 1. The predicted octanol–water partition coefficient (Wildman–Crippen LogP) is 3.21. The largest absolute Gasteiger partial charge is 0.366 e. The molecule has 4 rings (SSSR count). The van der Waals surface area contributed by atoms with Crippen LogP contribution in [0.25, 0.3) is 0 Å². The Morgan fingerprint density at radius 3 is 2.47 bits per heavy atom. The SMILES string of the molecule is NC(=O)c1cccc(CN2Cc3ccccc3CC2C(=O)NCCc2ccc(F)cc2)c1. The van der Waals surface area contributed by atoms with Crippen LogP contribution in [0.4, 0.5) is 4.39 Å². The summed E-state index contributed by atoms with van der Waals surface area (Å²) in [6, 6.07) is 21.4. The normalized spacial score (nSPS) is 15.7. The van der Waals surface area contributed by atoms with Crippen LogP contribution in [0.5, 0.6) is 0 Å². The number of fused-ring (bicyclic) bond motifs is 1. The standard InChI is InChI=1S/C26H26FN3O2/c27-23-10-8-18(9-11-23)12-13-29-26(32)24-15-20-5-1-2-6-22(20)17-30(24)16-19-4-3-7-21(14-19)25(28)31/h1-11,14,24H,12-13,15-17H2,(H2,28,31)(H,29,32). The highest BCUT2D eigenvalue weighted by molar-refractivity contribution is 5.92. The fourth-order valence-corrected chi connectivity index (χ4v) is 4.16. The third-order valence-corrected chi connectivity index (χ3v) is 5.87. The molecule has 164 valence electrons. The maximum Gasteiger partial charge on any atom is 0.248 e. The van der Waals surface area contributed by atoms with E-state index in [9.17, 15) is 14.0 Å². The van der Waals surface area contributed by atoms with E-state index in [1.165, 1.54) is 23.3 Å². The number of amides is 2. The highest BCUT2D eigenvalue weighted by Gasteiger charge is 2.31. The van der Waals surface area contributed by atoms with Crippen LogP contribution in [0.15, 0.2) is 72.8 Å². The molecule has 3 aromatic carbocycles. The number of nitrogens with two attached hydrogens (primary N) is 1. The van der Waals surface area contributed by atoms with Crippen molar-refractivity contribution in [1.82, 2.24) is 10.2 Å². The van der Waals surface area contributed by atoms with Crippen molar-refractivity contribution in [2.75, 3.05) is 6.54 Å². The molecule has 1 aliphatic heterocycles. The van der Waals surface area contributed by atoms with Gasteiger partial charge in [-0.15, -0.1) is 0 Å². The first kappa shape index (κ1) is 21.7. The number of nitrogens with one attached hydrogen (secondary N) is 1. The van der Waals surface area contributed by atoms with Crippen LogP contribution in [0.3, 0.4) is 0 Å². The molecule has 0 saturated heterocycles. The number of rotatable bonds is 7. The van der Waals surface area contributed by atoms with Crippen molar-refractivity contribution >= 4 is 11.8 Å². The number of primary amides is 1. The van der Waals surface area contributed by atoms with Crippen LogP contribution in [-0.4, -0.2) is 29.3 Å². The van der Waals surface area contributed by atoms with Crippen molar-refractivity contribution in [2.45, 2.75) is 32.0 Å². The number of hydrogen-bond acceptors (Lipinski definition) is 3. The van der Waals surface area contributed by atoms with Crippen LogP contribution < -0.4 is 11.1 Å². The molecule has 0 fully saturated rings. The van der Waals surface area contributed by atoms with E-state index in [1.54, 1.807) is 24.3 Å². The summed E-state index contributed by atoms with van der Waals surface area (Å²) in [6.07, 6.45) is 1.25. The lowest BCUT2D eigenvalue weighted by atomic mass is 9.93. The molecule has 0 radical (unpaired) electrons. The Bertz CT molecular complexity index is 1110. The maximum absolute atomic E-state index is 13.1. The Morgan fingerprint density at radius 2 is 1.72 bits per heavy atom. The molecular formula is C26H26FN3O2. The van der Waals surface area contributed by atoms with E-state index in [0.717, 1.165) is 11.1 Å². The second-order valence-corrected chi connectivity index (χ2v) is 8.13. The van der Waals surface area contributed by atoms with Gasteiger partial charge >= 0.3 is 0 Å². The molecule has 6 heteroatoms. The minimum atomic E-state index is -0.467. The molecule has 0 saturated carbocycles. The van der Waals surface area contributed by atoms with Crippen molar-refractivity contribution < 1.29 is 14.0 Å². The molecule has 32 heavy (non-hydrogen) atoms. The average molecular weight is 432 g/mol. The molecule has 2 amide bonds. The van der Waals surface area contributed by atoms with E-state index >= 15 is 0 Å². The lowest BCUT2D eigenvalue weighted by Gasteiger charge is -2.36. The Balaban J connectivity index is 1.48. The zero-order chi connectivity index (χ0) is 22.5. The molecule has 0 aromatic heterocycles. The summed E-state index contributed by atoms with van der Waals surface area (Å²) < 4.78 is 13.1. The second kappa shape index (κ2) is 9.75. The van der Waals surface area contributed by atoms with Crippen LogP contribution >= 0.6 is 0 Å². The van der Waals surface area contributed by atoms with Crippen molar-refractivity contribution in [3.8, 4) is 0 Å². The van der Waals surface area contributed by atoms with Gasteiger partial charge in [0.05, 0.1) is 6.04 Å². The summed E-state index contributed by atoms with van der Waals surface area (Å²) in [6.45, 7) is 1.66. The highest BCUT2D eigenvalue weighted by atomic mass is 19.1. The van der Waals surface area contributed by atoms with E-state index in [4.69, 9.17) is 5.73 Å². The number of carbonyl (C=O) groups excluding carboxylic acids is 2. The van der Waals surface area contributed by atoms with E-state index in [-0.39, 0.29) is 17.8 Å². The number of carbonyl (C=O) groups is 2. The summed E-state index contributed by atoms with van der Waals surface area (Å²) in [5.41, 5.74) is 10.2. The van der Waals surface area contributed by atoms with Crippen molar-refractivity contribution in [2.24, 2.45) is 5.73 Å². The fourth-order valence-electron chi connectivity index (χ4n) is 4.16. The van der Waals surface area contributed by atoms with E-state index in [0.29, 0.717) is 38.0 Å². The average Bonchev–Trinajstić information content (AvgIpc) is 2.80. The molecule has 0 aliphatic carbocycles. The monoisotopic (exact) mass is 431 g/mol. The Kier molecular flexibility index (Phi) is 6.61. The van der Waals surface area contributed by atoms with Crippen molar-refractivity contribution in [3.63, 3.8) is 0 Å². The minimum absolute atomic E-state index is 0.0346. The summed E-state index contributed by atoms with van der Waals surface area (Å²) in [7, 11) is 0. The number of nitrogens with zero attached hydrogens (tertiary/aromatic N) is 1. The van der Waals surface area contributed by atoms with E-state index < -0.39 is 5.91 Å². The van der Waals surface area contributed by atoms with Crippen LogP contribution in [0.1, 0.15) is 32.6 Å². The molecule has 1 aliphatic rings. The van der Waals surface area contributed by atoms with Crippen LogP contribution in [0.2, 0.25) is 0 Å². The molecule has 0 spiro atoms. The van der Waals surface area contributed by atoms with Gasteiger partial charge in [0.15, 0.2) is 0 Å². The van der Waals surface area contributed by atoms with Gasteiger partial charge in [-0.3, -0.25) is 14.5 Å². The van der Waals surface area contributed by atoms with Gasteiger partial charge in [0.2, 0.25) is 11.8 Å². The van der Waals surface area contributed by atoms with Gasteiger partial charge in [0, 0.05) is 25.2 Å². The minimum Gasteiger partial charge on any atom is -0.366 e. The molecule has 3 aromatic rings.